The molecule has 0 aromatic rings. The normalized spacial score (nSPS) is 31.8. The van der Waals surface area contributed by atoms with Crippen LogP contribution < -0.4 is 27.7 Å². The largest absolute Gasteiger partial charge is 0.466 e. The summed E-state index contributed by atoms with van der Waals surface area (Å²) in [5.41, 5.74) is 8.05. The van der Waals surface area contributed by atoms with E-state index < -0.39 is 17.3 Å². The van der Waals surface area contributed by atoms with Gasteiger partial charge in [-0.15, -0.1) is 0 Å². The second-order valence-corrected chi connectivity index (χ2v) is 9.42. The highest BCUT2D eigenvalue weighted by molar-refractivity contribution is 6.72. The Kier molecular flexibility index (Phi) is 8.86. The smallest absolute Gasteiger partial charge is 0.323 e. The molecule has 185 valence electrons. The van der Waals surface area contributed by atoms with Crippen LogP contribution in [0.2, 0.25) is 5.31 Å². The summed E-state index contributed by atoms with van der Waals surface area (Å²) < 4.78 is 10.2. The van der Waals surface area contributed by atoms with Crippen molar-refractivity contribution in [2.45, 2.75) is 75.0 Å². The Morgan fingerprint density at radius 2 is 2.03 bits per heavy atom. The lowest BCUT2D eigenvalue weighted by atomic mass is 9.60. The van der Waals surface area contributed by atoms with Gasteiger partial charge in [-0.3, -0.25) is 14.4 Å². The Bertz CT molecular complexity index is 802. The molecule has 2 aliphatic heterocycles. The molecule has 1 saturated carbocycles. The van der Waals surface area contributed by atoms with Crippen molar-refractivity contribution < 1.29 is 23.9 Å². The first kappa shape index (κ1) is 26.3. The summed E-state index contributed by atoms with van der Waals surface area (Å²) in [7, 11) is 8.72. The van der Waals surface area contributed by atoms with Crippen molar-refractivity contribution in [2.75, 3.05) is 19.8 Å². The SMILES string of the molecule is [B]C12[B]C13CCC(CC/C(N)=N/NN)CC3CC(C(=O)OCCNC(=O)CCC(=O)OCC)N2. The molecular formula is C21H35B2N6O5. The number of hydrogen-bond acceptors (Lipinski definition) is 9. The number of amides is 1. The minimum Gasteiger partial charge on any atom is -0.466 e. The highest BCUT2D eigenvalue weighted by atomic mass is 16.5. The number of nitrogens with two attached hydrogens (primary N) is 2. The molecule has 7 N–H and O–H groups in total. The minimum atomic E-state index is -0.643. The van der Waals surface area contributed by atoms with Crippen molar-refractivity contribution in [1.29, 1.82) is 0 Å². The van der Waals surface area contributed by atoms with Gasteiger partial charge in [0.05, 0.1) is 27.4 Å². The van der Waals surface area contributed by atoms with Crippen LogP contribution in [0.15, 0.2) is 5.10 Å². The zero-order chi connectivity index (χ0) is 24.8. The van der Waals surface area contributed by atoms with Gasteiger partial charge < -0.3 is 25.8 Å². The maximum Gasteiger partial charge on any atom is 0.323 e. The highest BCUT2D eigenvalue weighted by Crippen LogP contribution is 2.69. The number of esters is 2. The average molecular weight is 473 g/mol. The van der Waals surface area contributed by atoms with Crippen LogP contribution in [0.4, 0.5) is 0 Å². The molecule has 5 unspecified atom stereocenters. The predicted octanol–water partition coefficient (Wildman–Crippen LogP) is -1.02. The summed E-state index contributed by atoms with van der Waals surface area (Å²) in [5.74, 6) is 5.36. The summed E-state index contributed by atoms with van der Waals surface area (Å²) in [6, 6.07) is -0.492. The van der Waals surface area contributed by atoms with Gasteiger partial charge in [0.2, 0.25) is 5.91 Å². The first-order valence-electron chi connectivity index (χ1n) is 12.0. The van der Waals surface area contributed by atoms with Crippen molar-refractivity contribution in [3.8, 4) is 0 Å². The lowest BCUT2D eigenvalue weighted by Crippen LogP contribution is -2.55. The topological polar surface area (TPSA) is 170 Å². The highest BCUT2D eigenvalue weighted by Gasteiger charge is 2.71. The third-order valence-electron chi connectivity index (χ3n) is 7.25. The van der Waals surface area contributed by atoms with Gasteiger partial charge in [0.1, 0.15) is 25.8 Å². The van der Waals surface area contributed by atoms with Gasteiger partial charge in [0.15, 0.2) is 0 Å². The number of amidine groups is 1. The van der Waals surface area contributed by atoms with Crippen molar-refractivity contribution >= 4 is 38.8 Å². The van der Waals surface area contributed by atoms with Gasteiger partial charge in [-0.05, 0) is 43.4 Å². The van der Waals surface area contributed by atoms with E-state index in [1.807, 2.05) is 0 Å². The molecule has 0 bridgehead atoms. The monoisotopic (exact) mass is 473 g/mol. The average Bonchev–Trinajstić information content (AvgIpc) is 3.42. The quantitative estimate of drug-likeness (QED) is 0.0453. The second kappa shape index (κ2) is 11.4. The Hall–Kier alpha value is -2.27. The van der Waals surface area contributed by atoms with Crippen LogP contribution in [0.1, 0.15) is 58.3 Å². The van der Waals surface area contributed by atoms with Gasteiger partial charge in [0.25, 0.3) is 0 Å². The van der Waals surface area contributed by atoms with Crippen LogP contribution in [0, 0.1) is 11.8 Å². The van der Waals surface area contributed by atoms with Crippen molar-refractivity contribution in [3.05, 3.63) is 0 Å². The summed E-state index contributed by atoms with van der Waals surface area (Å²) in [4.78, 5) is 35.8. The molecule has 13 heteroatoms. The standard InChI is InChI=1S/C21H35B2N6O5/c1-2-33-18(31)6-5-17(30)26-9-10-34-19(32)15-12-14-11-13(3-4-16(24)28-29-25)7-8-20(14)21(22,23-20)27-15/h13-15,27,29H,2-12,25H2,1H3,(H2,24,28)(H,26,30). The maximum atomic E-state index is 12.7. The van der Waals surface area contributed by atoms with E-state index in [2.05, 4.69) is 28.5 Å². The molecule has 0 aromatic carbocycles. The summed E-state index contributed by atoms with van der Waals surface area (Å²) >= 11 is 0. The lowest BCUT2D eigenvalue weighted by molar-refractivity contribution is -0.148. The predicted molar refractivity (Wildman–Crippen MR) is 127 cm³/mol. The van der Waals surface area contributed by atoms with E-state index in [1.54, 1.807) is 6.92 Å². The van der Waals surface area contributed by atoms with Crippen LogP contribution in [-0.4, -0.2) is 69.9 Å². The molecule has 1 spiro atoms. The second-order valence-electron chi connectivity index (χ2n) is 9.42. The minimum absolute atomic E-state index is 0.0218. The molecule has 5 atom stereocenters. The van der Waals surface area contributed by atoms with E-state index in [9.17, 15) is 14.4 Å². The number of ether oxygens (including phenoxy) is 2. The summed E-state index contributed by atoms with van der Waals surface area (Å²) in [6.45, 7) is 2.22. The van der Waals surface area contributed by atoms with E-state index in [4.69, 9.17) is 28.9 Å². The van der Waals surface area contributed by atoms with Crippen molar-refractivity contribution in [1.82, 2.24) is 16.2 Å². The first-order chi connectivity index (χ1) is 16.2. The zero-order valence-electron chi connectivity index (χ0n) is 19.8. The van der Waals surface area contributed by atoms with E-state index in [1.165, 1.54) is 0 Å². The lowest BCUT2D eigenvalue weighted by Gasteiger charge is -2.47. The fourth-order valence-electron chi connectivity index (χ4n) is 5.48. The molecule has 1 amide bonds. The van der Waals surface area contributed by atoms with Gasteiger partial charge in [-0.25, -0.2) is 11.4 Å². The molecule has 0 aromatic heterocycles. The van der Waals surface area contributed by atoms with E-state index >= 15 is 0 Å². The summed E-state index contributed by atoms with van der Waals surface area (Å²) in [6.07, 6.45) is 5.31. The fraction of sp³-hybridized carbons (Fsp3) is 0.810. The first-order valence-corrected chi connectivity index (χ1v) is 12.0. The molecular weight excluding hydrogens is 438 g/mol. The molecule has 11 nitrogen and oxygen atoms in total. The molecule has 3 rings (SSSR count). The number of carbonyl (C=O) groups is 3. The molecule has 2 heterocycles. The van der Waals surface area contributed by atoms with Crippen LogP contribution in [0.3, 0.4) is 0 Å². The van der Waals surface area contributed by atoms with Crippen LogP contribution in [0.5, 0.6) is 0 Å². The Labute approximate surface area is 202 Å². The maximum absolute atomic E-state index is 12.7. The van der Waals surface area contributed by atoms with E-state index in [-0.39, 0.29) is 49.8 Å². The molecule has 3 radical (unpaired) electrons. The van der Waals surface area contributed by atoms with Crippen LogP contribution in [0.25, 0.3) is 0 Å². The van der Waals surface area contributed by atoms with Gasteiger partial charge in [-0.1, -0.05) is 18.2 Å². The van der Waals surface area contributed by atoms with Gasteiger partial charge in [-0.2, -0.15) is 5.10 Å². The van der Waals surface area contributed by atoms with Crippen LogP contribution in [-0.2, 0) is 23.9 Å². The van der Waals surface area contributed by atoms with Crippen molar-refractivity contribution in [2.24, 2.45) is 28.5 Å². The fourth-order valence-corrected chi connectivity index (χ4v) is 5.48. The number of hydrogen-bond donors (Lipinski definition) is 5. The Balaban J connectivity index is 1.41. The molecule has 3 aliphatic rings. The van der Waals surface area contributed by atoms with Gasteiger partial charge >= 0.3 is 11.9 Å². The summed E-state index contributed by atoms with van der Waals surface area (Å²) in [5, 5.41) is 9.02. The van der Waals surface area contributed by atoms with Crippen molar-refractivity contribution in [3.63, 3.8) is 0 Å². The zero-order valence-corrected chi connectivity index (χ0v) is 19.8. The van der Waals surface area contributed by atoms with Crippen LogP contribution >= 0.6 is 0 Å². The number of nitrogens with one attached hydrogen (secondary N) is 3. The van der Waals surface area contributed by atoms with E-state index in [0.717, 1.165) is 25.7 Å². The number of carbonyl (C=O) groups excluding carboxylic acids is 3. The number of rotatable bonds is 12. The van der Waals surface area contributed by atoms with E-state index in [0.29, 0.717) is 30.5 Å². The molecule has 1 aliphatic carbocycles. The third kappa shape index (κ3) is 6.24. The molecule has 3 fully saturated rings. The molecule has 2 saturated heterocycles. The molecule has 34 heavy (non-hydrogen) atoms. The third-order valence-corrected chi connectivity index (χ3v) is 7.25. The number of piperidine rings is 1. The number of nitrogens with zero attached hydrogens (tertiary/aromatic N) is 1. The number of hydrazine groups is 1. The Morgan fingerprint density at radius 3 is 2.76 bits per heavy atom. The Morgan fingerprint density at radius 1 is 1.24 bits per heavy atom. The van der Waals surface area contributed by atoms with Gasteiger partial charge in [0, 0.05) is 12.8 Å². The number of hydrazone groups is 1.